The van der Waals surface area contributed by atoms with Gasteiger partial charge >= 0.3 is 0 Å². The Morgan fingerprint density at radius 1 is 1.00 bits per heavy atom. The van der Waals surface area contributed by atoms with Crippen molar-refractivity contribution < 1.29 is 19.3 Å². The molecule has 5 heteroatoms. The average molecular weight is 263 g/mol. The molecule has 5 nitrogen and oxygen atoms in total. The molecule has 0 radical (unpaired) electrons. The van der Waals surface area contributed by atoms with Crippen LogP contribution in [0.4, 0.5) is 0 Å². The zero-order chi connectivity index (χ0) is 13.6. The van der Waals surface area contributed by atoms with Crippen LogP contribution in [-0.4, -0.2) is 63.9 Å². The molecule has 0 spiro atoms. The molecule has 2 N–H and O–H groups in total. The molecule has 1 atom stereocenters. The lowest BCUT2D eigenvalue weighted by Gasteiger charge is -2.13. The average Bonchev–Trinajstić information content (AvgIpc) is 2.33. The summed E-state index contributed by atoms with van der Waals surface area (Å²) in [6.45, 7) is 11.1. The second-order valence-electron chi connectivity index (χ2n) is 4.60. The molecule has 0 amide bonds. The van der Waals surface area contributed by atoms with Gasteiger partial charge < -0.3 is 24.6 Å². The fourth-order valence-corrected chi connectivity index (χ4v) is 1.27. The summed E-state index contributed by atoms with van der Waals surface area (Å²) >= 11 is 0. The summed E-state index contributed by atoms with van der Waals surface area (Å²) in [4.78, 5) is 0. The first kappa shape index (κ1) is 17.8. The highest BCUT2D eigenvalue weighted by atomic mass is 16.5. The molecular weight excluding hydrogens is 234 g/mol. The predicted octanol–water partition coefficient (Wildman–Crippen LogP) is 0.663. The number of nitrogens with one attached hydrogen (secondary N) is 1. The molecule has 0 aromatic rings. The summed E-state index contributed by atoms with van der Waals surface area (Å²) in [6.07, 6.45) is -0.475. The van der Waals surface area contributed by atoms with Gasteiger partial charge in [-0.05, 0) is 12.8 Å². The van der Waals surface area contributed by atoms with E-state index < -0.39 is 6.10 Å². The highest BCUT2D eigenvalue weighted by Crippen LogP contribution is 1.91. The molecule has 0 aliphatic rings. The molecule has 0 aliphatic carbocycles. The maximum Gasteiger partial charge on any atom is 0.0897 e. The lowest BCUT2D eigenvalue weighted by Crippen LogP contribution is -2.33. The van der Waals surface area contributed by atoms with Crippen LogP contribution in [0.2, 0.25) is 0 Å². The van der Waals surface area contributed by atoms with Crippen LogP contribution >= 0.6 is 0 Å². The van der Waals surface area contributed by atoms with E-state index in [-0.39, 0.29) is 0 Å². The zero-order valence-corrected chi connectivity index (χ0v) is 12.0. The molecule has 1 unspecified atom stereocenters. The summed E-state index contributed by atoms with van der Waals surface area (Å²) in [5.74, 6) is 0.564. The van der Waals surface area contributed by atoms with E-state index in [4.69, 9.17) is 14.2 Å². The Morgan fingerprint density at radius 2 is 1.67 bits per heavy atom. The van der Waals surface area contributed by atoms with Gasteiger partial charge in [0.15, 0.2) is 0 Å². The SMILES string of the molecule is CCOCCOCC(O)CNCCOCC(C)C. The van der Waals surface area contributed by atoms with Crippen molar-refractivity contribution >= 4 is 0 Å². The quantitative estimate of drug-likeness (QED) is 0.478. The fraction of sp³-hybridized carbons (Fsp3) is 1.00. The first-order valence-corrected chi connectivity index (χ1v) is 6.78. The molecule has 0 aromatic carbocycles. The van der Waals surface area contributed by atoms with Crippen molar-refractivity contribution in [2.24, 2.45) is 5.92 Å². The van der Waals surface area contributed by atoms with E-state index in [0.717, 1.165) is 13.2 Å². The van der Waals surface area contributed by atoms with Crippen LogP contribution in [-0.2, 0) is 14.2 Å². The monoisotopic (exact) mass is 263 g/mol. The van der Waals surface area contributed by atoms with E-state index in [1.54, 1.807) is 0 Å². The molecule has 0 bridgehead atoms. The second-order valence-corrected chi connectivity index (χ2v) is 4.60. The topological polar surface area (TPSA) is 60.0 Å². The molecule has 0 fully saturated rings. The largest absolute Gasteiger partial charge is 0.389 e. The highest BCUT2D eigenvalue weighted by Gasteiger charge is 2.03. The van der Waals surface area contributed by atoms with Gasteiger partial charge in [-0.2, -0.15) is 0 Å². The Hall–Kier alpha value is -0.200. The van der Waals surface area contributed by atoms with Crippen molar-refractivity contribution in [2.75, 3.05) is 52.7 Å². The smallest absolute Gasteiger partial charge is 0.0897 e. The second kappa shape index (κ2) is 13.2. The van der Waals surface area contributed by atoms with Gasteiger partial charge in [-0.3, -0.25) is 0 Å². The van der Waals surface area contributed by atoms with Crippen LogP contribution in [0.3, 0.4) is 0 Å². The number of hydrogen-bond acceptors (Lipinski definition) is 5. The number of ether oxygens (including phenoxy) is 3. The lowest BCUT2D eigenvalue weighted by molar-refractivity contribution is 0.00586. The van der Waals surface area contributed by atoms with Crippen LogP contribution in [0, 0.1) is 5.92 Å². The highest BCUT2D eigenvalue weighted by molar-refractivity contribution is 4.58. The van der Waals surface area contributed by atoms with Crippen molar-refractivity contribution in [3.05, 3.63) is 0 Å². The first-order chi connectivity index (χ1) is 8.66. The number of hydrogen-bond donors (Lipinski definition) is 2. The summed E-state index contributed by atoms with van der Waals surface area (Å²) in [7, 11) is 0. The van der Waals surface area contributed by atoms with Gasteiger partial charge in [-0.25, -0.2) is 0 Å². The van der Waals surface area contributed by atoms with E-state index in [1.165, 1.54) is 0 Å². The minimum atomic E-state index is -0.475. The first-order valence-electron chi connectivity index (χ1n) is 6.78. The van der Waals surface area contributed by atoms with Gasteiger partial charge in [0.05, 0.1) is 32.5 Å². The van der Waals surface area contributed by atoms with Crippen molar-refractivity contribution in [1.82, 2.24) is 5.32 Å². The van der Waals surface area contributed by atoms with Gasteiger partial charge in [-0.1, -0.05) is 13.8 Å². The van der Waals surface area contributed by atoms with Crippen LogP contribution < -0.4 is 5.32 Å². The third-order valence-corrected chi connectivity index (χ3v) is 2.14. The Morgan fingerprint density at radius 3 is 2.33 bits per heavy atom. The van der Waals surface area contributed by atoms with E-state index >= 15 is 0 Å². The molecule has 0 saturated carbocycles. The molecule has 110 valence electrons. The van der Waals surface area contributed by atoms with Gasteiger partial charge in [0, 0.05) is 26.3 Å². The van der Waals surface area contributed by atoms with Gasteiger partial charge in [0.25, 0.3) is 0 Å². The van der Waals surface area contributed by atoms with E-state index in [9.17, 15) is 5.11 Å². The molecule has 18 heavy (non-hydrogen) atoms. The summed E-state index contributed by atoms with van der Waals surface area (Å²) in [5.41, 5.74) is 0. The van der Waals surface area contributed by atoms with Crippen LogP contribution in [0.1, 0.15) is 20.8 Å². The molecule has 0 aromatic heterocycles. The lowest BCUT2D eigenvalue weighted by atomic mass is 10.2. The van der Waals surface area contributed by atoms with Crippen molar-refractivity contribution in [1.29, 1.82) is 0 Å². The Bertz CT molecular complexity index is 167. The van der Waals surface area contributed by atoms with Crippen molar-refractivity contribution in [3.8, 4) is 0 Å². The molecule has 0 rings (SSSR count). The van der Waals surface area contributed by atoms with Gasteiger partial charge in [-0.15, -0.1) is 0 Å². The maximum absolute atomic E-state index is 9.58. The summed E-state index contributed by atoms with van der Waals surface area (Å²) in [5, 5.41) is 12.7. The normalized spacial score (nSPS) is 13.2. The Balaban J connectivity index is 3.14. The number of rotatable bonds is 13. The van der Waals surface area contributed by atoms with Crippen LogP contribution in [0.25, 0.3) is 0 Å². The molecule has 0 saturated heterocycles. The van der Waals surface area contributed by atoms with E-state index in [1.807, 2.05) is 6.92 Å². The summed E-state index contributed by atoms with van der Waals surface area (Å²) in [6, 6.07) is 0. The van der Waals surface area contributed by atoms with Crippen molar-refractivity contribution in [3.63, 3.8) is 0 Å². The van der Waals surface area contributed by atoms with Gasteiger partial charge in [0.1, 0.15) is 0 Å². The minimum Gasteiger partial charge on any atom is -0.389 e. The van der Waals surface area contributed by atoms with Crippen LogP contribution in [0.5, 0.6) is 0 Å². The third kappa shape index (κ3) is 13.9. The van der Waals surface area contributed by atoms with E-state index in [2.05, 4.69) is 19.2 Å². The fourth-order valence-electron chi connectivity index (χ4n) is 1.27. The number of aliphatic hydroxyl groups is 1. The molecule has 0 heterocycles. The minimum absolute atomic E-state index is 0.340. The van der Waals surface area contributed by atoms with Gasteiger partial charge in [0.2, 0.25) is 0 Å². The molecule has 0 aliphatic heterocycles. The third-order valence-electron chi connectivity index (χ3n) is 2.14. The zero-order valence-electron chi connectivity index (χ0n) is 12.0. The maximum atomic E-state index is 9.58. The standard InChI is InChI=1S/C13H29NO4/c1-4-16-7-8-18-11-13(15)9-14-5-6-17-10-12(2)3/h12-15H,4-11H2,1-3H3. The number of aliphatic hydroxyl groups excluding tert-OH is 1. The Labute approximate surface area is 111 Å². The van der Waals surface area contributed by atoms with Crippen LogP contribution in [0.15, 0.2) is 0 Å². The van der Waals surface area contributed by atoms with Crippen molar-refractivity contribution in [2.45, 2.75) is 26.9 Å². The van der Waals surface area contributed by atoms with E-state index in [0.29, 0.717) is 45.5 Å². The predicted molar refractivity (Wildman–Crippen MR) is 71.8 cm³/mol. The molecular formula is C13H29NO4. The Kier molecular flexibility index (Phi) is 13.1. The summed E-state index contributed by atoms with van der Waals surface area (Å²) < 4.78 is 15.8.